The molecule has 128 valence electrons. The highest BCUT2D eigenvalue weighted by Crippen LogP contribution is 2.43. The first-order valence-corrected chi connectivity index (χ1v) is 9.46. The van der Waals surface area contributed by atoms with Crippen molar-refractivity contribution >= 4 is 0 Å². The first-order chi connectivity index (χ1) is 11.6. The van der Waals surface area contributed by atoms with E-state index in [1.807, 2.05) is 0 Å². The van der Waals surface area contributed by atoms with E-state index in [2.05, 4.69) is 81.7 Å². The zero-order chi connectivity index (χ0) is 17.2. The molecule has 0 aliphatic heterocycles. The van der Waals surface area contributed by atoms with Crippen molar-refractivity contribution in [1.82, 2.24) is 5.32 Å². The van der Waals surface area contributed by atoms with Gasteiger partial charge >= 0.3 is 0 Å². The number of benzene rings is 2. The molecule has 1 unspecified atom stereocenters. The summed E-state index contributed by atoms with van der Waals surface area (Å²) in [6.07, 6.45) is 5.02. The van der Waals surface area contributed by atoms with E-state index in [9.17, 15) is 0 Å². The van der Waals surface area contributed by atoms with E-state index in [0.29, 0.717) is 5.92 Å². The monoisotopic (exact) mass is 321 g/mol. The molecule has 0 amide bonds. The van der Waals surface area contributed by atoms with Crippen LogP contribution in [0.2, 0.25) is 0 Å². The molecular weight excluding hydrogens is 290 g/mol. The third kappa shape index (κ3) is 3.02. The highest BCUT2D eigenvalue weighted by molar-refractivity contribution is 5.50. The zero-order valence-electron chi connectivity index (χ0n) is 15.6. The Hall–Kier alpha value is -1.60. The minimum absolute atomic E-state index is 0.113. The van der Waals surface area contributed by atoms with Crippen molar-refractivity contribution in [3.05, 3.63) is 70.8 Å². The van der Waals surface area contributed by atoms with E-state index in [4.69, 9.17) is 0 Å². The number of hydrogen-bond acceptors (Lipinski definition) is 1. The van der Waals surface area contributed by atoms with Crippen LogP contribution in [0, 0.1) is 5.92 Å². The minimum atomic E-state index is -0.113. The van der Waals surface area contributed by atoms with Gasteiger partial charge in [-0.05, 0) is 60.9 Å². The molecule has 0 radical (unpaired) electrons. The molecule has 0 aromatic heterocycles. The highest BCUT2D eigenvalue weighted by Gasteiger charge is 2.36. The predicted octanol–water partition coefficient (Wildman–Crippen LogP) is 5.64. The lowest BCUT2D eigenvalue weighted by atomic mass is 9.80. The van der Waals surface area contributed by atoms with E-state index in [1.165, 1.54) is 41.5 Å². The van der Waals surface area contributed by atoms with Crippen molar-refractivity contribution in [3.63, 3.8) is 0 Å². The van der Waals surface area contributed by atoms with Crippen LogP contribution in [-0.4, -0.2) is 7.05 Å². The maximum Gasteiger partial charge on any atom is 0.0664 e. The Morgan fingerprint density at radius 2 is 1.75 bits per heavy atom. The van der Waals surface area contributed by atoms with Crippen LogP contribution in [0.5, 0.6) is 0 Å². The Morgan fingerprint density at radius 3 is 2.46 bits per heavy atom. The fourth-order valence-corrected chi connectivity index (χ4v) is 4.23. The Balaban J connectivity index is 2.09. The lowest BCUT2D eigenvalue weighted by Crippen LogP contribution is -2.38. The first kappa shape index (κ1) is 17.2. The van der Waals surface area contributed by atoms with Crippen molar-refractivity contribution in [1.29, 1.82) is 0 Å². The number of hydrogen-bond donors (Lipinski definition) is 1. The Morgan fingerprint density at radius 1 is 1.08 bits per heavy atom. The van der Waals surface area contributed by atoms with Crippen LogP contribution in [0.25, 0.3) is 0 Å². The van der Waals surface area contributed by atoms with Gasteiger partial charge in [-0.3, -0.25) is 0 Å². The van der Waals surface area contributed by atoms with Gasteiger partial charge in [-0.2, -0.15) is 0 Å². The molecule has 1 aliphatic carbocycles. The summed E-state index contributed by atoms with van der Waals surface area (Å²) in [5, 5.41) is 3.63. The van der Waals surface area contributed by atoms with Gasteiger partial charge in [0, 0.05) is 0 Å². The molecule has 0 heterocycles. The van der Waals surface area contributed by atoms with Gasteiger partial charge in [-0.15, -0.1) is 0 Å². The molecule has 1 heteroatoms. The molecule has 0 spiro atoms. The van der Waals surface area contributed by atoms with Crippen molar-refractivity contribution in [2.45, 2.75) is 57.9 Å². The quantitative estimate of drug-likeness (QED) is 0.752. The van der Waals surface area contributed by atoms with Crippen LogP contribution >= 0.6 is 0 Å². The van der Waals surface area contributed by atoms with Crippen molar-refractivity contribution in [2.24, 2.45) is 5.92 Å². The maximum absolute atomic E-state index is 3.63. The topological polar surface area (TPSA) is 12.0 Å². The van der Waals surface area contributed by atoms with E-state index in [-0.39, 0.29) is 5.54 Å². The summed E-state index contributed by atoms with van der Waals surface area (Å²) in [6.45, 7) is 7.02. The molecule has 0 bridgehead atoms. The standard InChI is InChI=1S/C23H31N/c1-5-17(2)14-15-18-16-19-10-6-8-12-21(19)23(3,24-4)22-13-9-7-11-20(18)22/h6-13,17-18,24H,5,14-16H2,1-4H3/t17?,18-,23+/m0/s1. The second kappa shape index (κ2) is 7.11. The number of nitrogens with one attached hydrogen (secondary N) is 1. The van der Waals surface area contributed by atoms with Crippen LogP contribution in [0.4, 0.5) is 0 Å². The number of rotatable bonds is 5. The summed E-state index contributed by atoms with van der Waals surface area (Å²) >= 11 is 0. The van der Waals surface area contributed by atoms with Gasteiger partial charge in [0.15, 0.2) is 0 Å². The van der Waals surface area contributed by atoms with Gasteiger partial charge in [0.05, 0.1) is 5.54 Å². The largest absolute Gasteiger partial charge is 0.307 e. The molecule has 2 aromatic rings. The van der Waals surface area contributed by atoms with Crippen molar-refractivity contribution in [3.8, 4) is 0 Å². The van der Waals surface area contributed by atoms with E-state index in [1.54, 1.807) is 0 Å². The fourth-order valence-electron chi connectivity index (χ4n) is 4.23. The van der Waals surface area contributed by atoms with Gasteiger partial charge < -0.3 is 5.32 Å². The summed E-state index contributed by atoms with van der Waals surface area (Å²) < 4.78 is 0. The molecule has 3 rings (SSSR count). The van der Waals surface area contributed by atoms with E-state index in [0.717, 1.165) is 12.3 Å². The molecule has 3 atom stereocenters. The molecule has 0 saturated heterocycles. The molecule has 1 N–H and O–H groups in total. The van der Waals surface area contributed by atoms with Crippen LogP contribution in [0.3, 0.4) is 0 Å². The average molecular weight is 322 g/mol. The third-order valence-corrected chi connectivity index (χ3v) is 6.17. The summed E-state index contributed by atoms with van der Waals surface area (Å²) in [7, 11) is 2.09. The normalized spacial score (nSPS) is 23.9. The molecule has 0 fully saturated rings. The van der Waals surface area contributed by atoms with Crippen LogP contribution in [0.1, 0.15) is 68.2 Å². The van der Waals surface area contributed by atoms with Crippen LogP contribution < -0.4 is 5.32 Å². The van der Waals surface area contributed by atoms with E-state index >= 15 is 0 Å². The lowest BCUT2D eigenvalue weighted by molar-refractivity contribution is 0.454. The minimum Gasteiger partial charge on any atom is -0.307 e. The molecule has 24 heavy (non-hydrogen) atoms. The maximum atomic E-state index is 3.63. The van der Waals surface area contributed by atoms with Gasteiger partial charge in [0.2, 0.25) is 0 Å². The Bertz CT molecular complexity index is 690. The summed E-state index contributed by atoms with van der Waals surface area (Å²) in [4.78, 5) is 0. The summed E-state index contributed by atoms with van der Waals surface area (Å²) in [5.41, 5.74) is 5.81. The van der Waals surface area contributed by atoms with Gasteiger partial charge in [-0.1, -0.05) is 75.2 Å². The van der Waals surface area contributed by atoms with Crippen LogP contribution in [0.15, 0.2) is 48.5 Å². The number of fused-ring (bicyclic) bond motifs is 2. The lowest BCUT2D eigenvalue weighted by Gasteiger charge is -2.32. The van der Waals surface area contributed by atoms with Crippen LogP contribution in [-0.2, 0) is 12.0 Å². The van der Waals surface area contributed by atoms with Crippen molar-refractivity contribution < 1.29 is 0 Å². The molecule has 1 aliphatic rings. The zero-order valence-corrected chi connectivity index (χ0v) is 15.6. The average Bonchev–Trinajstić information content (AvgIpc) is 2.74. The van der Waals surface area contributed by atoms with E-state index < -0.39 is 0 Å². The fraction of sp³-hybridized carbons (Fsp3) is 0.478. The van der Waals surface area contributed by atoms with Gasteiger partial charge in [-0.25, -0.2) is 0 Å². The highest BCUT2D eigenvalue weighted by atomic mass is 14.9. The Labute approximate surface area is 147 Å². The Kier molecular flexibility index (Phi) is 5.10. The second-order valence-electron chi connectivity index (χ2n) is 7.61. The predicted molar refractivity (Wildman–Crippen MR) is 104 cm³/mol. The van der Waals surface area contributed by atoms with Gasteiger partial charge in [0.25, 0.3) is 0 Å². The summed E-state index contributed by atoms with van der Waals surface area (Å²) in [5.74, 6) is 1.43. The molecule has 1 nitrogen and oxygen atoms in total. The smallest absolute Gasteiger partial charge is 0.0664 e. The summed E-state index contributed by atoms with van der Waals surface area (Å²) in [6, 6.07) is 18.1. The van der Waals surface area contributed by atoms with Crippen molar-refractivity contribution in [2.75, 3.05) is 7.05 Å². The SMILES string of the molecule is CCC(C)CC[C@H]1Cc2ccccc2[C@@](C)(NC)c2ccccc21. The van der Waals surface area contributed by atoms with Gasteiger partial charge in [0.1, 0.15) is 0 Å². The second-order valence-corrected chi connectivity index (χ2v) is 7.61. The first-order valence-electron chi connectivity index (χ1n) is 9.46. The molecule has 0 saturated carbocycles. The third-order valence-electron chi connectivity index (χ3n) is 6.17. The molecule has 2 aromatic carbocycles. The molecular formula is C23H31N.